The van der Waals surface area contributed by atoms with Crippen LogP contribution >= 0.6 is 0 Å². The van der Waals surface area contributed by atoms with E-state index >= 15 is 0 Å². The molecular formula is C15H23NO. The molecule has 0 fully saturated rings. The van der Waals surface area contributed by atoms with E-state index in [1.165, 1.54) is 16.7 Å². The van der Waals surface area contributed by atoms with Crippen LogP contribution in [0.4, 0.5) is 0 Å². The van der Waals surface area contributed by atoms with Crippen molar-refractivity contribution in [2.75, 3.05) is 13.2 Å². The number of allylic oxidation sites excluding steroid dienone is 1. The first-order valence-electron chi connectivity index (χ1n) is 6.22. The molecule has 0 radical (unpaired) electrons. The van der Waals surface area contributed by atoms with Gasteiger partial charge in [-0.1, -0.05) is 35.9 Å². The second-order valence-corrected chi connectivity index (χ2v) is 4.32. The normalized spacial score (nSPS) is 10.3. The second kappa shape index (κ2) is 8.04. The van der Waals surface area contributed by atoms with E-state index in [1.807, 2.05) is 6.92 Å². The van der Waals surface area contributed by atoms with Gasteiger partial charge in [0, 0.05) is 19.7 Å². The number of benzene rings is 1. The Balaban J connectivity index is 2.48. The molecule has 0 heterocycles. The minimum Gasteiger partial charge on any atom is -0.377 e. The van der Waals surface area contributed by atoms with Gasteiger partial charge in [0.25, 0.3) is 0 Å². The predicted octanol–water partition coefficient (Wildman–Crippen LogP) is 3.28. The van der Waals surface area contributed by atoms with Gasteiger partial charge in [0.15, 0.2) is 0 Å². The lowest BCUT2D eigenvalue weighted by Crippen LogP contribution is -2.14. The standard InChI is InChI=1S/C15H23NO/c1-4-17-12-15-8-6-5-7-14(15)11-16-10-9-13(2)3/h5-9,16H,4,10-12H2,1-3H3. The molecule has 17 heavy (non-hydrogen) atoms. The molecule has 0 saturated carbocycles. The van der Waals surface area contributed by atoms with Gasteiger partial charge in [-0.05, 0) is 31.9 Å². The molecule has 94 valence electrons. The maximum Gasteiger partial charge on any atom is 0.0719 e. The molecule has 1 N–H and O–H groups in total. The maximum absolute atomic E-state index is 5.47. The highest BCUT2D eigenvalue weighted by molar-refractivity contribution is 5.26. The van der Waals surface area contributed by atoms with Crippen LogP contribution in [0.2, 0.25) is 0 Å². The molecule has 2 nitrogen and oxygen atoms in total. The Bertz CT molecular complexity index is 354. The maximum atomic E-state index is 5.47. The molecule has 0 aliphatic carbocycles. The lowest BCUT2D eigenvalue weighted by Gasteiger charge is -2.09. The molecule has 0 unspecified atom stereocenters. The van der Waals surface area contributed by atoms with E-state index in [-0.39, 0.29) is 0 Å². The van der Waals surface area contributed by atoms with E-state index in [4.69, 9.17) is 4.74 Å². The van der Waals surface area contributed by atoms with Gasteiger partial charge in [-0.15, -0.1) is 0 Å². The Morgan fingerprint density at radius 3 is 2.59 bits per heavy atom. The molecular weight excluding hydrogens is 210 g/mol. The molecule has 1 aromatic carbocycles. The Morgan fingerprint density at radius 2 is 1.94 bits per heavy atom. The average molecular weight is 233 g/mol. The monoisotopic (exact) mass is 233 g/mol. The van der Waals surface area contributed by atoms with Crippen LogP contribution in [-0.4, -0.2) is 13.2 Å². The van der Waals surface area contributed by atoms with Gasteiger partial charge in [0.05, 0.1) is 6.61 Å². The van der Waals surface area contributed by atoms with Crippen LogP contribution < -0.4 is 5.32 Å². The van der Waals surface area contributed by atoms with Crippen molar-refractivity contribution in [3.63, 3.8) is 0 Å². The van der Waals surface area contributed by atoms with E-state index in [0.717, 1.165) is 19.7 Å². The largest absolute Gasteiger partial charge is 0.377 e. The van der Waals surface area contributed by atoms with Crippen LogP contribution in [0.3, 0.4) is 0 Å². The van der Waals surface area contributed by atoms with Crippen molar-refractivity contribution in [1.29, 1.82) is 0 Å². The summed E-state index contributed by atoms with van der Waals surface area (Å²) in [5, 5.41) is 3.42. The highest BCUT2D eigenvalue weighted by Gasteiger charge is 2.00. The SMILES string of the molecule is CCOCc1ccccc1CNCC=C(C)C. The van der Waals surface area contributed by atoms with Crippen LogP contribution in [0.15, 0.2) is 35.9 Å². The Hall–Kier alpha value is -1.12. The molecule has 0 aliphatic rings. The number of hydrogen-bond donors (Lipinski definition) is 1. The summed E-state index contributed by atoms with van der Waals surface area (Å²) in [6, 6.07) is 8.43. The molecule has 2 heteroatoms. The van der Waals surface area contributed by atoms with Crippen LogP contribution in [0.1, 0.15) is 31.9 Å². The van der Waals surface area contributed by atoms with Crippen molar-refractivity contribution in [2.24, 2.45) is 0 Å². The highest BCUT2D eigenvalue weighted by atomic mass is 16.5. The second-order valence-electron chi connectivity index (χ2n) is 4.32. The van der Waals surface area contributed by atoms with E-state index in [2.05, 4.69) is 49.5 Å². The Labute approximate surface area is 105 Å². The average Bonchev–Trinajstić information content (AvgIpc) is 2.33. The Morgan fingerprint density at radius 1 is 1.24 bits per heavy atom. The fourth-order valence-corrected chi connectivity index (χ4v) is 1.57. The zero-order chi connectivity index (χ0) is 12.5. The van der Waals surface area contributed by atoms with Gasteiger partial charge in [-0.2, -0.15) is 0 Å². The summed E-state index contributed by atoms with van der Waals surface area (Å²) in [6.07, 6.45) is 2.20. The minimum atomic E-state index is 0.705. The smallest absolute Gasteiger partial charge is 0.0719 e. The number of ether oxygens (including phenoxy) is 1. The first kappa shape index (κ1) is 13.9. The molecule has 0 amide bonds. The van der Waals surface area contributed by atoms with Gasteiger partial charge in [0.1, 0.15) is 0 Å². The molecule has 0 atom stereocenters. The van der Waals surface area contributed by atoms with E-state index in [1.54, 1.807) is 0 Å². The van der Waals surface area contributed by atoms with E-state index < -0.39 is 0 Å². The summed E-state index contributed by atoms with van der Waals surface area (Å²) >= 11 is 0. The van der Waals surface area contributed by atoms with Crippen molar-refractivity contribution >= 4 is 0 Å². The molecule has 0 spiro atoms. The Kier molecular flexibility index (Phi) is 6.60. The molecule has 1 rings (SSSR count). The number of nitrogens with one attached hydrogen (secondary N) is 1. The highest BCUT2D eigenvalue weighted by Crippen LogP contribution is 2.09. The summed E-state index contributed by atoms with van der Waals surface area (Å²) in [5.74, 6) is 0. The number of rotatable bonds is 7. The van der Waals surface area contributed by atoms with Crippen molar-refractivity contribution < 1.29 is 4.74 Å². The van der Waals surface area contributed by atoms with E-state index in [9.17, 15) is 0 Å². The first-order chi connectivity index (χ1) is 8.24. The fraction of sp³-hybridized carbons (Fsp3) is 0.467. The van der Waals surface area contributed by atoms with Gasteiger partial charge in [0.2, 0.25) is 0 Å². The predicted molar refractivity (Wildman–Crippen MR) is 72.9 cm³/mol. The third-order valence-corrected chi connectivity index (χ3v) is 2.55. The summed E-state index contributed by atoms with van der Waals surface area (Å²) in [7, 11) is 0. The van der Waals surface area contributed by atoms with Crippen LogP contribution in [-0.2, 0) is 17.9 Å². The van der Waals surface area contributed by atoms with Crippen LogP contribution in [0.5, 0.6) is 0 Å². The van der Waals surface area contributed by atoms with Gasteiger partial charge >= 0.3 is 0 Å². The minimum absolute atomic E-state index is 0.705. The topological polar surface area (TPSA) is 21.3 Å². The zero-order valence-electron chi connectivity index (χ0n) is 11.1. The van der Waals surface area contributed by atoms with E-state index in [0.29, 0.717) is 6.61 Å². The fourth-order valence-electron chi connectivity index (χ4n) is 1.57. The van der Waals surface area contributed by atoms with Crippen molar-refractivity contribution in [1.82, 2.24) is 5.32 Å². The molecule has 0 saturated heterocycles. The molecule has 0 aliphatic heterocycles. The lowest BCUT2D eigenvalue weighted by molar-refractivity contribution is 0.133. The molecule has 0 aromatic heterocycles. The molecule has 1 aromatic rings. The van der Waals surface area contributed by atoms with Gasteiger partial charge in [-0.25, -0.2) is 0 Å². The summed E-state index contributed by atoms with van der Waals surface area (Å²) < 4.78 is 5.47. The van der Waals surface area contributed by atoms with Crippen LogP contribution in [0.25, 0.3) is 0 Å². The van der Waals surface area contributed by atoms with Crippen molar-refractivity contribution in [3.05, 3.63) is 47.0 Å². The summed E-state index contributed by atoms with van der Waals surface area (Å²) in [4.78, 5) is 0. The summed E-state index contributed by atoms with van der Waals surface area (Å²) in [5.41, 5.74) is 3.95. The third kappa shape index (κ3) is 5.66. The summed E-state index contributed by atoms with van der Waals surface area (Å²) in [6.45, 7) is 9.54. The van der Waals surface area contributed by atoms with Gasteiger partial charge < -0.3 is 10.1 Å². The molecule has 0 bridgehead atoms. The zero-order valence-corrected chi connectivity index (χ0v) is 11.1. The first-order valence-corrected chi connectivity index (χ1v) is 6.22. The lowest BCUT2D eigenvalue weighted by atomic mass is 10.1. The third-order valence-electron chi connectivity index (χ3n) is 2.55. The van der Waals surface area contributed by atoms with Crippen molar-refractivity contribution in [3.8, 4) is 0 Å². The van der Waals surface area contributed by atoms with Crippen LogP contribution in [0, 0.1) is 0 Å². The van der Waals surface area contributed by atoms with Crippen molar-refractivity contribution in [2.45, 2.75) is 33.9 Å². The van der Waals surface area contributed by atoms with Gasteiger partial charge in [-0.3, -0.25) is 0 Å². The quantitative estimate of drug-likeness (QED) is 0.576. The number of hydrogen-bond acceptors (Lipinski definition) is 2.